The quantitative estimate of drug-likeness (QED) is 0.623. The number of carbonyl (C=O) groups excluding carboxylic acids is 1. The molecule has 148 valence electrons. The zero-order valence-corrected chi connectivity index (χ0v) is 16.8. The van der Waals surface area contributed by atoms with Gasteiger partial charge >= 0.3 is 0 Å². The Balaban J connectivity index is 1.32. The molecular weight excluding hydrogens is 415 g/mol. The van der Waals surface area contributed by atoms with E-state index < -0.39 is 5.41 Å². The van der Waals surface area contributed by atoms with E-state index in [0.29, 0.717) is 33.6 Å². The lowest BCUT2D eigenvalue weighted by atomic mass is 9.94. The second kappa shape index (κ2) is 7.00. The minimum Gasteiger partial charge on any atom is -0.454 e. The fourth-order valence-corrected chi connectivity index (χ4v) is 4.55. The molecule has 1 aromatic heterocycles. The van der Waals surface area contributed by atoms with Crippen molar-refractivity contribution in [2.24, 2.45) is 0 Å². The summed E-state index contributed by atoms with van der Waals surface area (Å²) < 4.78 is 24.8. The zero-order chi connectivity index (χ0) is 20.0. The molecule has 29 heavy (non-hydrogen) atoms. The normalized spacial score (nSPS) is 15.9. The van der Waals surface area contributed by atoms with Crippen LogP contribution in [-0.2, 0) is 16.6 Å². The Morgan fingerprint density at radius 3 is 2.86 bits per heavy atom. The van der Waals surface area contributed by atoms with Crippen LogP contribution in [0.3, 0.4) is 0 Å². The number of anilines is 1. The van der Waals surface area contributed by atoms with Gasteiger partial charge in [-0.15, -0.1) is 11.3 Å². The van der Waals surface area contributed by atoms with Gasteiger partial charge in [-0.05, 0) is 42.7 Å². The molecule has 1 fully saturated rings. The number of hydrogen-bond acceptors (Lipinski definition) is 5. The van der Waals surface area contributed by atoms with Crippen LogP contribution in [0.1, 0.15) is 28.8 Å². The van der Waals surface area contributed by atoms with Crippen LogP contribution in [0.25, 0.3) is 0 Å². The number of thiazole rings is 1. The molecule has 0 radical (unpaired) electrons. The Morgan fingerprint density at radius 2 is 2.07 bits per heavy atom. The predicted octanol–water partition coefficient (Wildman–Crippen LogP) is 4.93. The number of hydrogen-bond donors (Lipinski definition) is 1. The van der Waals surface area contributed by atoms with Gasteiger partial charge in [-0.2, -0.15) is 0 Å². The maximum Gasteiger partial charge on any atom is 0.236 e. The van der Waals surface area contributed by atoms with Crippen LogP contribution in [0.5, 0.6) is 11.5 Å². The number of amides is 1. The van der Waals surface area contributed by atoms with E-state index in [-0.39, 0.29) is 18.5 Å². The molecule has 2 aliphatic rings. The van der Waals surface area contributed by atoms with Crippen molar-refractivity contribution in [3.63, 3.8) is 0 Å². The lowest BCUT2D eigenvalue weighted by Crippen LogP contribution is -2.27. The number of aromatic nitrogens is 1. The Hall–Kier alpha value is -2.64. The van der Waals surface area contributed by atoms with Gasteiger partial charge in [-0.3, -0.25) is 4.79 Å². The molecule has 2 aromatic carbocycles. The maximum atomic E-state index is 14.0. The van der Waals surface area contributed by atoms with Crippen molar-refractivity contribution in [1.82, 2.24) is 4.98 Å². The maximum absolute atomic E-state index is 14.0. The summed E-state index contributed by atoms with van der Waals surface area (Å²) in [6.45, 7) is 0.200. The number of carbonyl (C=O) groups is 1. The van der Waals surface area contributed by atoms with Crippen molar-refractivity contribution < 1.29 is 18.7 Å². The SMILES string of the molecule is O=C(Nc1ncc(Cc2c(F)cccc2Cl)s1)C1(c2ccc3c(c2)OCO3)CC1. The molecule has 0 atom stereocenters. The fourth-order valence-electron chi connectivity index (χ4n) is 3.51. The van der Waals surface area contributed by atoms with Crippen molar-refractivity contribution >= 4 is 34.0 Å². The second-order valence-electron chi connectivity index (χ2n) is 7.11. The first-order chi connectivity index (χ1) is 14.0. The van der Waals surface area contributed by atoms with E-state index in [1.54, 1.807) is 18.3 Å². The summed E-state index contributed by atoms with van der Waals surface area (Å²) in [5, 5.41) is 3.78. The minimum atomic E-state index is -0.568. The molecule has 0 unspecified atom stereocenters. The van der Waals surface area contributed by atoms with Gasteiger partial charge in [0.2, 0.25) is 12.7 Å². The van der Waals surface area contributed by atoms with Crippen LogP contribution in [-0.4, -0.2) is 17.7 Å². The summed E-state index contributed by atoms with van der Waals surface area (Å²) in [5.41, 5.74) is 0.769. The first-order valence-electron chi connectivity index (χ1n) is 9.14. The number of fused-ring (bicyclic) bond motifs is 1. The molecule has 0 saturated heterocycles. The molecule has 5 rings (SSSR count). The molecule has 1 N–H and O–H groups in total. The van der Waals surface area contributed by atoms with E-state index in [9.17, 15) is 9.18 Å². The van der Waals surface area contributed by atoms with Gasteiger partial charge in [-0.1, -0.05) is 23.7 Å². The first kappa shape index (κ1) is 18.4. The molecule has 1 saturated carbocycles. The highest BCUT2D eigenvalue weighted by Gasteiger charge is 2.52. The van der Waals surface area contributed by atoms with Crippen LogP contribution in [0.4, 0.5) is 9.52 Å². The minimum absolute atomic E-state index is 0.0961. The first-order valence-corrected chi connectivity index (χ1v) is 10.3. The molecule has 2 heterocycles. The molecule has 1 aliphatic carbocycles. The van der Waals surface area contributed by atoms with Crippen molar-refractivity contribution in [2.75, 3.05) is 12.1 Å². The summed E-state index contributed by atoms with van der Waals surface area (Å²) in [6.07, 6.45) is 3.50. The monoisotopic (exact) mass is 430 g/mol. The third kappa shape index (κ3) is 3.34. The molecule has 5 nitrogen and oxygen atoms in total. The molecular formula is C21H16ClFN2O3S. The second-order valence-corrected chi connectivity index (χ2v) is 8.64. The predicted molar refractivity (Wildman–Crippen MR) is 108 cm³/mol. The molecule has 1 amide bonds. The van der Waals surface area contributed by atoms with Crippen LogP contribution >= 0.6 is 22.9 Å². The fraction of sp³-hybridized carbons (Fsp3) is 0.238. The van der Waals surface area contributed by atoms with Crippen LogP contribution in [0.15, 0.2) is 42.6 Å². The Labute approximate surface area is 175 Å². The highest BCUT2D eigenvalue weighted by Crippen LogP contribution is 2.51. The van der Waals surface area contributed by atoms with Crippen LogP contribution in [0.2, 0.25) is 5.02 Å². The topological polar surface area (TPSA) is 60.5 Å². The van der Waals surface area contributed by atoms with Gasteiger partial charge in [0.25, 0.3) is 0 Å². The van der Waals surface area contributed by atoms with Gasteiger partial charge in [0, 0.05) is 28.1 Å². The third-order valence-electron chi connectivity index (χ3n) is 5.30. The van der Waals surface area contributed by atoms with Gasteiger partial charge in [0.05, 0.1) is 5.41 Å². The molecule has 0 spiro atoms. The Morgan fingerprint density at radius 1 is 1.24 bits per heavy atom. The molecule has 8 heteroatoms. The zero-order valence-electron chi connectivity index (χ0n) is 15.2. The average Bonchev–Trinajstić information content (AvgIpc) is 3.19. The number of halogens is 2. The van der Waals surface area contributed by atoms with E-state index in [2.05, 4.69) is 10.3 Å². The van der Waals surface area contributed by atoms with Crippen molar-refractivity contribution in [2.45, 2.75) is 24.7 Å². The van der Waals surface area contributed by atoms with E-state index in [4.69, 9.17) is 21.1 Å². The summed E-state index contributed by atoms with van der Waals surface area (Å²) in [6, 6.07) is 10.2. The summed E-state index contributed by atoms with van der Waals surface area (Å²) in [4.78, 5) is 18.1. The van der Waals surface area contributed by atoms with E-state index in [1.165, 1.54) is 17.4 Å². The third-order valence-corrected chi connectivity index (χ3v) is 6.56. The Kier molecular flexibility index (Phi) is 4.44. The summed E-state index contributed by atoms with van der Waals surface area (Å²) in [5.74, 6) is 0.915. The van der Waals surface area contributed by atoms with E-state index in [1.807, 2.05) is 18.2 Å². The van der Waals surface area contributed by atoms with Crippen LogP contribution < -0.4 is 14.8 Å². The number of benzene rings is 2. The number of nitrogens with zero attached hydrogens (tertiary/aromatic N) is 1. The van der Waals surface area contributed by atoms with Gasteiger partial charge in [-0.25, -0.2) is 9.37 Å². The van der Waals surface area contributed by atoms with E-state index >= 15 is 0 Å². The molecule has 3 aromatic rings. The Bertz CT molecular complexity index is 1090. The van der Waals surface area contributed by atoms with Crippen LogP contribution in [0, 0.1) is 5.82 Å². The summed E-state index contributed by atoms with van der Waals surface area (Å²) >= 11 is 7.42. The lowest BCUT2D eigenvalue weighted by Gasteiger charge is -2.15. The number of rotatable bonds is 5. The smallest absolute Gasteiger partial charge is 0.236 e. The number of nitrogens with one attached hydrogen (secondary N) is 1. The summed E-state index contributed by atoms with van der Waals surface area (Å²) in [7, 11) is 0. The highest BCUT2D eigenvalue weighted by atomic mass is 35.5. The molecule has 0 bridgehead atoms. The van der Waals surface area contributed by atoms with Gasteiger partial charge in [0.1, 0.15) is 5.82 Å². The van der Waals surface area contributed by atoms with Crippen molar-refractivity contribution in [3.05, 3.63) is 69.4 Å². The average molecular weight is 431 g/mol. The van der Waals surface area contributed by atoms with Gasteiger partial charge < -0.3 is 14.8 Å². The van der Waals surface area contributed by atoms with Crippen molar-refractivity contribution in [3.8, 4) is 11.5 Å². The highest BCUT2D eigenvalue weighted by molar-refractivity contribution is 7.15. The lowest BCUT2D eigenvalue weighted by molar-refractivity contribution is -0.118. The largest absolute Gasteiger partial charge is 0.454 e. The molecule has 1 aliphatic heterocycles. The number of ether oxygens (including phenoxy) is 2. The van der Waals surface area contributed by atoms with Gasteiger partial charge in [0.15, 0.2) is 16.6 Å². The van der Waals surface area contributed by atoms with Crippen molar-refractivity contribution in [1.29, 1.82) is 0 Å². The standard InChI is InChI=1S/C21H16ClFN2O3S/c22-15-2-1-3-16(23)14(15)9-13-10-24-20(29-13)25-19(26)21(6-7-21)12-4-5-17-18(8-12)28-11-27-17/h1-5,8,10H,6-7,9,11H2,(H,24,25,26). The van der Waals surface area contributed by atoms with E-state index in [0.717, 1.165) is 23.3 Å².